The quantitative estimate of drug-likeness (QED) is 0.189. The average Bonchev–Trinajstić information content (AvgIpc) is 2.95. The molecule has 0 amide bonds. The maximum Gasteiger partial charge on any atom is 0.433 e. The molecule has 3 aromatic heterocycles. The fraction of sp³-hybridized carbons (Fsp3) is 0.138. The Balaban J connectivity index is 1.24. The van der Waals surface area contributed by atoms with Crippen molar-refractivity contribution in [3.8, 4) is 22.6 Å². The number of nitrogens with zero attached hydrogens (tertiary/aromatic N) is 2. The number of pyridine rings is 2. The van der Waals surface area contributed by atoms with E-state index in [4.69, 9.17) is 13.9 Å². The van der Waals surface area contributed by atoms with Gasteiger partial charge in [0.25, 0.3) is 0 Å². The minimum atomic E-state index is -4.53. The van der Waals surface area contributed by atoms with Gasteiger partial charge in [-0.2, -0.15) is 26.3 Å². The van der Waals surface area contributed by atoms with Crippen LogP contribution in [0.4, 0.5) is 26.3 Å². The Hall–Kier alpha value is -4.87. The lowest BCUT2D eigenvalue weighted by Crippen LogP contribution is -2.08. The Labute approximate surface area is 227 Å². The van der Waals surface area contributed by atoms with Crippen LogP contribution in [-0.2, 0) is 25.6 Å². The highest BCUT2D eigenvalue weighted by Gasteiger charge is 2.32. The van der Waals surface area contributed by atoms with Crippen molar-refractivity contribution in [2.24, 2.45) is 0 Å². The van der Waals surface area contributed by atoms with Gasteiger partial charge in [-0.1, -0.05) is 24.3 Å². The van der Waals surface area contributed by atoms with Crippen LogP contribution in [0.1, 0.15) is 22.5 Å². The smallest absolute Gasteiger partial charge is 0.433 e. The number of halogens is 6. The minimum absolute atomic E-state index is 0.00236. The van der Waals surface area contributed by atoms with Crippen LogP contribution in [0, 0.1) is 0 Å². The Morgan fingerprint density at radius 3 is 1.73 bits per heavy atom. The molecule has 0 aliphatic rings. The van der Waals surface area contributed by atoms with E-state index in [2.05, 4.69) is 9.97 Å². The Kier molecular flexibility index (Phi) is 7.40. The summed E-state index contributed by atoms with van der Waals surface area (Å²) >= 11 is 0. The van der Waals surface area contributed by atoms with Gasteiger partial charge < -0.3 is 13.9 Å². The molecule has 12 heteroatoms. The molecule has 0 aliphatic heterocycles. The zero-order chi connectivity index (χ0) is 29.2. The summed E-state index contributed by atoms with van der Waals surface area (Å²) in [6.07, 6.45) is -5.56. The van der Waals surface area contributed by atoms with Crippen LogP contribution in [0.15, 0.2) is 94.6 Å². The SMILES string of the molecule is O=c1c(-c2ccc(OCc3ccc(C(F)(F)F)nc3)cc2)coc2cc(OCc3ccc(C(F)(F)F)nc3)ccc12. The molecule has 5 rings (SSSR count). The summed E-state index contributed by atoms with van der Waals surface area (Å²) in [6.45, 7) is -0.0366. The van der Waals surface area contributed by atoms with Gasteiger partial charge in [-0.15, -0.1) is 0 Å². The van der Waals surface area contributed by atoms with Crippen LogP contribution in [0.25, 0.3) is 22.1 Å². The lowest BCUT2D eigenvalue weighted by molar-refractivity contribution is -0.142. The van der Waals surface area contributed by atoms with Crippen LogP contribution < -0.4 is 14.9 Å². The first-order valence-corrected chi connectivity index (χ1v) is 11.9. The summed E-state index contributed by atoms with van der Waals surface area (Å²) < 4.78 is 92.8. The van der Waals surface area contributed by atoms with Crippen molar-refractivity contribution < 1.29 is 40.2 Å². The van der Waals surface area contributed by atoms with Crippen molar-refractivity contribution in [1.82, 2.24) is 9.97 Å². The normalized spacial score (nSPS) is 12.0. The topological polar surface area (TPSA) is 74.5 Å². The molecular weight excluding hydrogens is 554 g/mol. The number of aromatic nitrogens is 2. The fourth-order valence-corrected chi connectivity index (χ4v) is 3.82. The average molecular weight is 572 g/mol. The first-order chi connectivity index (χ1) is 19.5. The summed E-state index contributed by atoms with van der Waals surface area (Å²) in [4.78, 5) is 19.9. The lowest BCUT2D eigenvalue weighted by Gasteiger charge is -2.10. The molecule has 0 atom stereocenters. The van der Waals surface area contributed by atoms with Crippen molar-refractivity contribution in [3.63, 3.8) is 0 Å². The van der Waals surface area contributed by atoms with Crippen molar-refractivity contribution >= 4 is 11.0 Å². The van der Waals surface area contributed by atoms with E-state index in [-0.39, 0.29) is 24.2 Å². The van der Waals surface area contributed by atoms with E-state index in [1.54, 1.807) is 30.3 Å². The molecule has 0 radical (unpaired) electrons. The van der Waals surface area contributed by atoms with Crippen LogP contribution in [0.2, 0.25) is 0 Å². The van der Waals surface area contributed by atoms with Gasteiger partial charge in [-0.25, -0.2) is 0 Å². The molecular formula is C29H18F6N2O4. The Morgan fingerprint density at radius 1 is 0.683 bits per heavy atom. The number of alkyl halides is 6. The maximum absolute atomic E-state index is 13.1. The van der Waals surface area contributed by atoms with Gasteiger partial charge >= 0.3 is 12.4 Å². The van der Waals surface area contributed by atoms with E-state index >= 15 is 0 Å². The van der Waals surface area contributed by atoms with Gasteiger partial charge in [0.05, 0.1) is 10.9 Å². The molecule has 0 fully saturated rings. The van der Waals surface area contributed by atoms with Crippen LogP contribution in [0.3, 0.4) is 0 Å². The summed E-state index contributed by atoms with van der Waals surface area (Å²) in [6, 6.07) is 15.4. The van der Waals surface area contributed by atoms with Crippen LogP contribution in [0.5, 0.6) is 11.5 Å². The summed E-state index contributed by atoms with van der Waals surface area (Å²) in [5.74, 6) is 0.780. The summed E-state index contributed by atoms with van der Waals surface area (Å²) in [7, 11) is 0. The summed E-state index contributed by atoms with van der Waals surface area (Å²) in [5, 5.41) is 0.293. The molecule has 210 valence electrons. The molecule has 6 nitrogen and oxygen atoms in total. The number of benzene rings is 2. The summed E-state index contributed by atoms with van der Waals surface area (Å²) in [5.41, 5.74) is -0.294. The van der Waals surface area contributed by atoms with Crippen molar-refractivity contribution in [2.75, 3.05) is 0 Å². The van der Waals surface area contributed by atoms with Gasteiger partial charge in [-0.3, -0.25) is 14.8 Å². The highest BCUT2D eigenvalue weighted by Crippen LogP contribution is 2.29. The van der Waals surface area contributed by atoms with Crippen LogP contribution in [-0.4, -0.2) is 9.97 Å². The molecule has 0 unspecified atom stereocenters. The number of hydrogen-bond acceptors (Lipinski definition) is 6. The molecule has 3 heterocycles. The van der Waals surface area contributed by atoms with Crippen LogP contribution >= 0.6 is 0 Å². The zero-order valence-corrected chi connectivity index (χ0v) is 20.8. The molecule has 0 bridgehead atoms. The number of rotatable bonds is 7. The third-order valence-electron chi connectivity index (χ3n) is 5.95. The predicted molar refractivity (Wildman–Crippen MR) is 135 cm³/mol. The van der Waals surface area contributed by atoms with E-state index in [1.165, 1.54) is 30.5 Å². The molecule has 0 N–H and O–H groups in total. The van der Waals surface area contributed by atoms with Gasteiger partial charge in [0.1, 0.15) is 47.9 Å². The van der Waals surface area contributed by atoms with E-state index in [1.807, 2.05) is 0 Å². The monoisotopic (exact) mass is 572 g/mol. The third kappa shape index (κ3) is 6.48. The molecule has 0 saturated heterocycles. The molecule has 41 heavy (non-hydrogen) atoms. The zero-order valence-electron chi connectivity index (χ0n) is 20.8. The van der Waals surface area contributed by atoms with E-state index < -0.39 is 23.7 Å². The van der Waals surface area contributed by atoms with E-state index in [9.17, 15) is 31.1 Å². The van der Waals surface area contributed by atoms with Gasteiger partial charge in [0, 0.05) is 29.6 Å². The lowest BCUT2D eigenvalue weighted by atomic mass is 10.1. The first-order valence-electron chi connectivity index (χ1n) is 11.9. The maximum atomic E-state index is 13.1. The first kappa shape index (κ1) is 27.7. The third-order valence-corrected chi connectivity index (χ3v) is 5.95. The van der Waals surface area contributed by atoms with E-state index in [0.717, 1.165) is 24.5 Å². The van der Waals surface area contributed by atoms with Gasteiger partial charge in [-0.05, 0) is 42.0 Å². The molecule has 5 aromatic rings. The van der Waals surface area contributed by atoms with E-state index in [0.29, 0.717) is 39.1 Å². The Morgan fingerprint density at radius 2 is 1.22 bits per heavy atom. The molecule has 0 aliphatic carbocycles. The highest BCUT2D eigenvalue weighted by molar-refractivity contribution is 5.82. The van der Waals surface area contributed by atoms with Gasteiger partial charge in [0.15, 0.2) is 5.43 Å². The second-order valence-corrected chi connectivity index (χ2v) is 8.84. The standard InChI is InChI=1S/C29H18F6N2O4/c30-28(31,32)25-9-1-17(12-36-25)14-39-20-5-3-19(4-6-20)23-16-41-24-11-21(7-8-22(24)27(23)38)40-15-18-2-10-26(37-13-18)29(33,34)35/h1-13,16H,14-15H2. The predicted octanol–water partition coefficient (Wildman–Crippen LogP) is 7.45. The molecule has 0 spiro atoms. The largest absolute Gasteiger partial charge is 0.489 e. The molecule has 0 saturated carbocycles. The number of fused-ring (bicyclic) bond motifs is 1. The second-order valence-electron chi connectivity index (χ2n) is 8.84. The minimum Gasteiger partial charge on any atom is -0.489 e. The van der Waals surface area contributed by atoms with Crippen molar-refractivity contribution in [1.29, 1.82) is 0 Å². The number of ether oxygens (including phenoxy) is 2. The Bertz CT molecular complexity index is 1710. The van der Waals surface area contributed by atoms with Crippen molar-refractivity contribution in [2.45, 2.75) is 25.6 Å². The fourth-order valence-electron chi connectivity index (χ4n) is 3.82. The number of hydrogen-bond donors (Lipinski definition) is 0. The molecule has 2 aromatic carbocycles. The highest BCUT2D eigenvalue weighted by atomic mass is 19.4. The van der Waals surface area contributed by atoms with Gasteiger partial charge in [0.2, 0.25) is 0 Å². The second kappa shape index (κ2) is 11.0. The van der Waals surface area contributed by atoms with Crippen molar-refractivity contribution in [3.05, 3.63) is 118 Å².